The summed E-state index contributed by atoms with van der Waals surface area (Å²) in [5.41, 5.74) is 0. The Bertz CT molecular complexity index is 704. The summed E-state index contributed by atoms with van der Waals surface area (Å²) in [6.45, 7) is 3.99. The first kappa shape index (κ1) is 27.4. The molecule has 7 nitrogen and oxygen atoms in total. The Kier molecular flexibility index (Phi) is 10.4. The van der Waals surface area contributed by atoms with Crippen molar-refractivity contribution < 1.29 is 19.4 Å². The molecule has 0 radical (unpaired) electrons. The number of amides is 1. The summed E-state index contributed by atoms with van der Waals surface area (Å²) in [7, 11) is 3.86. The number of likely N-dealkylation sites (N-methyl/N-ethyl adjacent to an activating group) is 1. The van der Waals surface area contributed by atoms with Gasteiger partial charge in [-0.3, -0.25) is 10.1 Å². The summed E-state index contributed by atoms with van der Waals surface area (Å²) >= 11 is 1.90. The number of methoxy groups -OCH3 is 1. The van der Waals surface area contributed by atoms with Crippen molar-refractivity contribution in [3.05, 3.63) is 12.2 Å². The molecular weight excluding hydrogens is 462 g/mol. The van der Waals surface area contributed by atoms with E-state index in [-0.39, 0.29) is 48.4 Å². The number of allylic oxidation sites excluding steroid dienone is 1. The van der Waals surface area contributed by atoms with Crippen LogP contribution in [0.4, 0.5) is 0 Å². The zero-order valence-electron chi connectivity index (χ0n) is 21.9. The van der Waals surface area contributed by atoms with Gasteiger partial charge in [0.05, 0.1) is 18.3 Å². The number of hydrogen-bond acceptors (Lipinski definition) is 7. The lowest BCUT2D eigenvalue weighted by molar-refractivity contribution is -0.126. The van der Waals surface area contributed by atoms with Gasteiger partial charge in [0.25, 0.3) is 0 Å². The van der Waals surface area contributed by atoms with E-state index in [4.69, 9.17) is 9.47 Å². The third kappa shape index (κ3) is 7.45. The lowest BCUT2D eigenvalue weighted by Crippen LogP contribution is -2.52. The number of thioether (sulfide) groups is 1. The normalized spacial score (nSPS) is 40.5. The van der Waals surface area contributed by atoms with Gasteiger partial charge in [-0.15, -0.1) is 0 Å². The average Bonchev–Trinajstić information content (AvgIpc) is 3.51. The molecule has 0 aromatic carbocycles. The molecule has 200 valence electrons. The topological polar surface area (TPSA) is 83.1 Å². The van der Waals surface area contributed by atoms with Crippen molar-refractivity contribution in [1.29, 1.82) is 0 Å². The molecule has 2 saturated carbocycles. The number of aliphatic hydroxyl groups is 1. The molecule has 4 aliphatic rings. The number of carbonyl (C=O) groups excluding carboxylic acids is 1. The highest BCUT2D eigenvalue weighted by Crippen LogP contribution is 2.32. The van der Waals surface area contributed by atoms with Gasteiger partial charge in [0.1, 0.15) is 6.23 Å². The maximum atomic E-state index is 12.8. The minimum absolute atomic E-state index is 0.0159. The first-order chi connectivity index (χ1) is 16.9. The van der Waals surface area contributed by atoms with Crippen LogP contribution in [-0.2, 0) is 14.3 Å². The Balaban J connectivity index is 1.23. The second kappa shape index (κ2) is 13.2. The smallest absolute Gasteiger partial charge is 0.224 e. The van der Waals surface area contributed by atoms with Gasteiger partial charge in [-0.1, -0.05) is 25.0 Å². The first-order valence-corrected chi connectivity index (χ1v) is 15.0. The van der Waals surface area contributed by atoms with E-state index in [9.17, 15) is 9.90 Å². The highest BCUT2D eigenvalue weighted by atomic mass is 32.2. The van der Waals surface area contributed by atoms with Crippen LogP contribution < -0.4 is 10.6 Å². The van der Waals surface area contributed by atoms with Crippen molar-refractivity contribution in [2.24, 2.45) is 17.8 Å². The molecular formula is C27H47N3O4S. The molecule has 3 N–H and O–H groups in total. The van der Waals surface area contributed by atoms with Crippen LogP contribution in [0.2, 0.25) is 0 Å². The molecule has 2 heterocycles. The lowest BCUT2D eigenvalue weighted by atomic mass is 9.83. The second-order valence-electron chi connectivity index (χ2n) is 11.2. The Morgan fingerprint density at radius 1 is 1.26 bits per heavy atom. The van der Waals surface area contributed by atoms with E-state index in [1.807, 2.05) is 11.8 Å². The summed E-state index contributed by atoms with van der Waals surface area (Å²) in [6.07, 6.45) is 12.7. The fourth-order valence-corrected chi connectivity index (χ4v) is 7.52. The third-order valence-electron chi connectivity index (χ3n) is 8.58. The zero-order chi connectivity index (χ0) is 24.8. The van der Waals surface area contributed by atoms with Gasteiger partial charge in [0, 0.05) is 49.9 Å². The number of carbonyl (C=O) groups is 1. The highest BCUT2D eigenvalue weighted by Gasteiger charge is 2.41. The standard InChI is InChI=1S/C27H47N3O4S/c1-18-23(16-30(2)13-6-7-19-10-11-24(31)25(15-19)33-3)29-27(34-18)21-8-4-5-9-22(21)28-26(32)20-12-14-35-17-20/h6-7,18-25,27,29,31H,4-5,8-17H2,1-3H3,(H,28,32)/b7-6+. The van der Waals surface area contributed by atoms with Gasteiger partial charge >= 0.3 is 0 Å². The van der Waals surface area contributed by atoms with Crippen LogP contribution in [0.5, 0.6) is 0 Å². The molecule has 2 saturated heterocycles. The molecule has 4 rings (SSSR count). The van der Waals surface area contributed by atoms with Gasteiger partial charge in [-0.25, -0.2) is 0 Å². The second-order valence-corrected chi connectivity index (χ2v) is 12.4. The monoisotopic (exact) mass is 509 g/mol. The van der Waals surface area contributed by atoms with Crippen molar-refractivity contribution in [3.63, 3.8) is 0 Å². The first-order valence-electron chi connectivity index (χ1n) is 13.8. The molecule has 0 aromatic heterocycles. The van der Waals surface area contributed by atoms with Crippen LogP contribution >= 0.6 is 11.8 Å². The Labute approximate surface area is 216 Å². The summed E-state index contributed by atoms with van der Waals surface area (Å²) in [4.78, 5) is 15.1. The maximum absolute atomic E-state index is 12.8. The molecule has 8 heteroatoms. The number of nitrogens with one attached hydrogen (secondary N) is 2. The SMILES string of the molecule is COC1CC(/C=C/CN(C)CC2NC(C3CCCCC3NC(=O)C3CCSC3)OC2C)CCC1O. The molecule has 2 aliphatic heterocycles. The van der Waals surface area contributed by atoms with Gasteiger partial charge in [0.15, 0.2) is 0 Å². The molecule has 2 aliphatic carbocycles. The van der Waals surface area contributed by atoms with Crippen molar-refractivity contribution in [2.75, 3.05) is 38.8 Å². The summed E-state index contributed by atoms with van der Waals surface area (Å²) in [5.74, 6) is 3.34. The number of rotatable bonds is 9. The van der Waals surface area contributed by atoms with Crippen LogP contribution in [0.1, 0.15) is 58.3 Å². The van der Waals surface area contributed by atoms with E-state index in [0.29, 0.717) is 11.8 Å². The molecule has 9 unspecified atom stereocenters. The fourth-order valence-electron chi connectivity index (χ4n) is 6.30. The number of ether oxygens (including phenoxy) is 2. The van der Waals surface area contributed by atoms with E-state index >= 15 is 0 Å². The number of nitrogens with zero attached hydrogens (tertiary/aromatic N) is 1. The molecule has 0 aromatic rings. The maximum Gasteiger partial charge on any atom is 0.224 e. The summed E-state index contributed by atoms with van der Waals surface area (Å²) < 4.78 is 11.9. The molecule has 1 amide bonds. The van der Waals surface area contributed by atoms with Gasteiger partial charge in [-0.05, 0) is 64.2 Å². The minimum atomic E-state index is -0.325. The van der Waals surface area contributed by atoms with Gasteiger partial charge in [0.2, 0.25) is 5.91 Å². The van der Waals surface area contributed by atoms with Gasteiger partial charge < -0.3 is 24.8 Å². The highest BCUT2D eigenvalue weighted by molar-refractivity contribution is 7.99. The Hall–Kier alpha value is -0.640. The van der Waals surface area contributed by atoms with E-state index < -0.39 is 0 Å². The van der Waals surface area contributed by atoms with Gasteiger partial charge in [-0.2, -0.15) is 11.8 Å². The molecule has 9 atom stereocenters. The van der Waals surface area contributed by atoms with Crippen LogP contribution in [0.15, 0.2) is 12.2 Å². The summed E-state index contributed by atoms with van der Waals surface area (Å²) in [6, 6.07) is 0.501. The van der Waals surface area contributed by atoms with Crippen LogP contribution in [0.25, 0.3) is 0 Å². The van der Waals surface area contributed by atoms with Crippen LogP contribution in [-0.4, -0.2) is 91.3 Å². The Morgan fingerprint density at radius 2 is 2.09 bits per heavy atom. The number of hydrogen-bond donors (Lipinski definition) is 3. The van der Waals surface area contributed by atoms with Crippen molar-refractivity contribution >= 4 is 17.7 Å². The van der Waals surface area contributed by atoms with Crippen molar-refractivity contribution in [2.45, 2.75) is 94.9 Å². The third-order valence-corrected chi connectivity index (χ3v) is 9.74. The minimum Gasteiger partial charge on any atom is -0.390 e. The quantitative estimate of drug-likeness (QED) is 0.412. The number of aliphatic hydroxyl groups excluding tert-OH is 1. The van der Waals surface area contributed by atoms with E-state index in [1.54, 1.807) is 7.11 Å². The average molecular weight is 510 g/mol. The zero-order valence-corrected chi connectivity index (χ0v) is 22.7. The molecule has 4 fully saturated rings. The fraction of sp³-hybridized carbons (Fsp3) is 0.889. The largest absolute Gasteiger partial charge is 0.390 e. The predicted octanol–water partition coefficient (Wildman–Crippen LogP) is 2.78. The predicted molar refractivity (Wildman–Crippen MR) is 141 cm³/mol. The summed E-state index contributed by atoms with van der Waals surface area (Å²) in [5, 5.41) is 17.2. The van der Waals surface area contributed by atoms with Crippen LogP contribution in [0, 0.1) is 17.8 Å². The van der Waals surface area contributed by atoms with E-state index in [1.165, 1.54) is 12.8 Å². The molecule has 0 spiro atoms. The van der Waals surface area contributed by atoms with Crippen molar-refractivity contribution in [1.82, 2.24) is 15.5 Å². The molecule has 35 heavy (non-hydrogen) atoms. The lowest BCUT2D eigenvalue weighted by Gasteiger charge is -2.36. The van der Waals surface area contributed by atoms with E-state index in [2.05, 4.69) is 41.7 Å². The molecule has 0 bridgehead atoms. The van der Waals surface area contributed by atoms with Crippen LogP contribution in [0.3, 0.4) is 0 Å². The van der Waals surface area contributed by atoms with E-state index in [0.717, 1.165) is 63.1 Å². The van der Waals surface area contributed by atoms with Crippen molar-refractivity contribution in [3.8, 4) is 0 Å². The Morgan fingerprint density at radius 3 is 2.86 bits per heavy atom.